The molecule has 1 aliphatic carbocycles. The molecular formula is C23H28N2O5. The zero-order valence-electron chi connectivity index (χ0n) is 17.0. The van der Waals surface area contributed by atoms with Crippen LogP contribution in [0.2, 0.25) is 0 Å². The minimum absolute atomic E-state index is 0.0343. The van der Waals surface area contributed by atoms with Crippen LogP contribution in [0.1, 0.15) is 49.5 Å². The Morgan fingerprint density at radius 1 is 1.20 bits per heavy atom. The number of benzene rings is 1. The summed E-state index contributed by atoms with van der Waals surface area (Å²) in [6.45, 7) is 1.57. The topological polar surface area (TPSA) is 84.2 Å². The Morgan fingerprint density at radius 3 is 2.97 bits per heavy atom. The molecule has 1 saturated carbocycles. The van der Waals surface area contributed by atoms with Gasteiger partial charge in [0.25, 0.3) is 0 Å². The number of nitrogens with zero attached hydrogens (tertiary/aromatic N) is 1. The van der Waals surface area contributed by atoms with Crippen LogP contribution < -0.4 is 14.8 Å². The van der Waals surface area contributed by atoms with E-state index in [-0.39, 0.29) is 31.2 Å². The number of carbonyl (C=O) groups excluding carboxylic acids is 1. The smallest absolute Gasteiger partial charge is 0.234 e. The molecule has 2 fully saturated rings. The average molecular weight is 412 g/mol. The molecule has 0 bridgehead atoms. The van der Waals surface area contributed by atoms with Crippen LogP contribution in [0.15, 0.2) is 41.0 Å². The molecule has 3 heterocycles. The van der Waals surface area contributed by atoms with Crippen LogP contribution in [-0.2, 0) is 11.3 Å². The van der Waals surface area contributed by atoms with E-state index in [1.54, 1.807) is 6.26 Å². The molecule has 1 aromatic carbocycles. The molecule has 1 aromatic heterocycles. The lowest BCUT2D eigenvalue weighted by molar-refractivity contribution is -0.138. The maximum Gasteiger partial charge on any atom is 0.234 e. The van der Waals surface area contributed by atoms with E-state index in [9.17, 15) is 9.90 Å². The quantitative estimate of drug-likeness (QED) is 0.786. The highest BCUT2D eigenvalue weighted by Crippen LogP contribution is 2.50. The van der Waals surface area contributed by atoms with Gasteiger partial charge in [-0.05, 0) is 49.1 Å². The van der Waals surface area contributed by atoms with E-state index in [1.165, 1.54) is 0 Å². The van der Waals surface area contributed by atoms with Gasteiger partial charge < -0.3 is 24.3 Å². The Balaban J connectivity index is 1.38. The Morgan fingerprint density at radius 2 is 2.10 bits per heavy atom. The number of likely N-dealkylation sites (tertiary alicyclic amines) is 1. The molecule has 2 aliphatic heterocycles. The first-order valence-corrected chi connectivity index (χ1v) is 10.8. The highest BCUT2D eigenvalue weighted by atomic mass is 16.7. The average Bonchev–Trinajstić information content (AvgIpc) is 3.43. The Hall–Kier alpha value is -2.51. The van der Waals surface area contributed by atoms with Crippen molar-refractivity contribution >= 4 is 5.91 Å². The summed E-state index contributed by atoms with van der Waals surface area (Å²) in [5.41, 5.74) is 0.406. The van der Waals surface area contributed by atoms with Crippen LogP contribution >= 0.6 is 0 Å². The number of rotatable bonds is 5. The second-order valence-electron chi connectivity index (χ2n) is 8.59. The second kappa shape index (κ2) is 7.96. The predicted octanol–water partition coefficient (Wildman–Crippen LogP) is 2.99. The molecule has 7 nitrogen and oxygen atoms in total. The minimum atomic E-state index is -0.666. The fraction of sp³-hybridized carbons (Fsp3) is 0.522. The predicted molar refractivity (Wildman–Crippen MR) is 109 cm³/mol. The van der Waals surface area contributed by atoms with Crippen molar-refractivity contribution in [3.8, 4) is 11.5 Å². The van der Waals surface area contributed by atoms with E-state index in [2.05, 4.69) is 10.2 Å². The third-order valence-electron chi connectivity index (χ3n) is 6.80. The minimum Gasteiger partial charge on any atom is -0.467 e. The van der Waals surface area contributed by atoms with Gasteiger partial charge in [-0.25, -0.2) is 0 Å². The van der Waals surface area contributed by atoms with Gasteiger partial charge in [0, 0.05) is 18.5 Å². The van der Waals surface area contributed by atoms with Gasteiger partial charge in [-0.2, -0.15) is 0 Å². The molecule has 160 valence electrons. The number of aliphatic hydroxyl groups is 1. The molecule has 1 saturated heterocycles. The molecule has 7 heteroatoms. The Bertz CT molecular complexity index is 899. The van der Waals surface area contributed by atoms with Gasteiger partial charge >= 0.3 is 0 Å². The van der Waals surface area contributed by atoms with E-state index < -0.39 is 5.60 Å². The largest absolute Gasteiger partial charge is 0.467 e. The molecule has 0 spiro atoms. The standard InChI is InChI=1S/C23H28N2O5/c26-21(24-13-17-4-3-11-28-17)14-25-10-9-23(27)8-2-1-5-18(23)22(25)16-6-7-19-20(12-16)30-15-29-19/h3-4,6-7,11-12,18,22,27H,1-2,5,8-10,13-15H2,(H,24,26)/t18-,22-,23-/m1/s1. The molecule has 3 atom stereocenters. The van der Waals surface area contributed by atoms with E-state index in [0.29, 0.717) is 19.5 Å². The maximum atomic E-state index is 12.7. The van der Waals surface area contributed by atoms with Crippen LogP contribution in [0.5, 0.6) is 11.5 Å². The maximum absolute atomic E-state index is 12.7. The number of hydrogen-bond donors (Lipinski definition) is 2. The van der Waals surface area contributed by atoms with Crippen LogP contribution in [0, 0.1) is 5.92 Å². The van der Waals surface area contributed by atoms with Gasteiger partial charge in [-0.3, -0.25) is 9.69 Å². The van der Waals surface area contributed by atoms with E-state index in [4.69, 9.17) is 13.9 Å². The number of piperidine rings is 1. The zero-order valence-corrected chi connectivity index (χ0v) is 17.0. The first-order valence-electron chi connectivity index (χ1n) is 10.8. The van der Waals surface area contributed by atoms with Gasteiger partial charge in [-0.1, -0.05) is 18.9 Å². The van der Waals surface area contributed by atoms with E-state index in [1.807, 2.05) is 30.3 Å². The van der Waals surface area contributed by atoms with Gasteiger partial charge in [0.05, 0.1) is 25.0 Å². The number of hydrogen-bond acceptors (Lipinski definition) is 6. The van der Waals surface area contributed by atoms with Crippen LogP contribution in [-0.4, -0.2) is 41.4 Å². The number of ether oxygens (including phenoxy) is 2. The van der Waals surface area contributed by atoms with Gasteiger partial charge in [-0.15, -0.1) is 0 Å². The highest BCUT2D eigenvalue weighted by molar-refractivity contribution is 5.78. The second-order valence-corrected chi connectivity index (χ2v) is 8.59. The third-order valence-corrected chi connectivity index (χ3v) is 6.80. The molecule has 0 unspecified atom stereocenters. The number of amides is 1. The SMILES string of the molecule is O=C(CN1CC[C@]2(O)CCCC[C@@H]2[C@H]1c1ccc2c(c1)OCO2)NCc1ccco1. The van der Waals surface area contributed by atoms with Crippen LogP contribution in [0.25, 0.3) is 0 Å². The normalized spacial score (nSPS) is 28.2. The molecule has 1 amide bonds. The molecular weight excluding hydrogens is 384 g/mol. The molecule has 5 rings (SSSR count). The van der Waals surface area contributed by atoms with Gasteiger partial charge in [0.2, 0.25) is 12.7 Å². The summed E-state index contributed by atoms with van der Waals surface area (Å²) >= 11 is 0. The van der Waals surface area contributed by atoms with Crippen LogP contribution in [0.3, 0.4) is 0 Å². The lowest BCUT2D eigenvalue weighted by atomic mass is 9.66. The van der Waals surface area contributed by atoms with Crippen LogP contribution in [0.4, 0.5) is 0 Å². The summed E-state index contributed by atoms with van der Waals surface area (Å²) < 4.78 is 16.4. The molecule has 3 aliphatic rings. The Labute approximate surface area is 176 Å². The van der Waals surface area contributed by atoms with E-state index in [0.717, 1.165) is 48.5 Å². The first-order chi connectivity index (χ1) is 14.6. The number of furan rings is 1. The van der Waals surface area contributed by atoms with Gasteiger partial charge in [0.15, 0.2) is 11.5 Å². The summed E-state index contributed by atoms with van der Waals surface area (Å²) in [6.07, 6.45) is 6.25. The molecule has 2 aromatic rings. The van der Waals surface area contributed by atoms with Crippen molar-refractivity contribution in [2.45, 2.75) is 50.3 Å². The summed E-state index contributed by atoms with van der Waals surface area (Å²) in [7, 11) is 0. The van der Waals surface area contributed by atoms with Crippen molar-refractivity contribution in [2.24, 2.45) is 5.92 Å². The van der Waals surface area contributed by atoms with Crippen molar-refractivity contribution in [3.05, 3.63) is 47.9 Å². The molecule has 30 heavy (non-hydrogen) atoms. The number of carbonyl (C=O) groups is 1. The third kappa shape index (κ3) is 3.68. The monoisotopic (exact) mass is 412 g/mol. The van der Waals surface area contributed by atoms with E-state index >= 15 is 0 Å². The highest BCUT2D eigenvalue weighted by Gasteiger charge is 2.49. The van der Waals surface area contributed by atoms with Crippen molar-refractivity contribution in [1.29, 1.82) is 0 Å². The molecule has 2 N–H and O–H groups in total. The summed E-state index contributed by atoms with van der Waals surface area (Å²) in [4.78, 5) is 14.9. The van der Waals surface area contributed by atoms with Crippen molar-refractivity contribution < 1.29 is 23.8 Å². The zero-order chi connectivity index (χ0) is 20.6. The lowest BCUT2D eigenvalue weighted by Crippen LogP contribution is -2.56. The summed E-state index contributed by atoms with van der Waals surface area (Å²) in [5, 5.41) is 14.3. The summed E-state index contributed by atoms with van der Waals surface area (Å²) in [6, 6.07) is 9.62. The fourth-order valence-corrected chi connectivity index (χ4v) is 5.30. The van der Waals surface area contributed by atoms with Crippen molar-refractivity contribution in [2.75, 3.05) is 19.9 Å². The first kappa shape index (κ1) is 19.5. The van der Waals surface area contributed by atoms with Gasteiger partial charge in [0.1, 0.15) is 5.76 Å². The fourth-order valence-electron chi connectivity index (χ4n) is 5.30. The van der Waals surface area contributed by atoms with Crippen molar-refractivity contribution in [3.63, 3.8) is 0 Å². The lowest BCUT2D eigenvalue weighted by Gasteiger charge is -2.52. The molecule has 0 radical (unpaired) electrons. The summed E-state index contributed by atoms with van der Waals surface area (Å²) in [5.74, 6) is 2.27. The number of nitrogens with one attached hydrogen (secondary N) is 1. The van der Waals surface area contributed by atoms with Crippen molar-refractivity contribution in [1.82, 2.24) is 10.2 Å². The number of fused-ring (bicyclic) bond motifs is 2. The Kier molecular flexibility index (Phi) is 5.16.